The molecule has 3 nitrogen and oxygen atoms in total. The van der Waals surface area contributed by atoms with Crippen molar-refractivity contribution in [2.75, 3.05) is 20.1 Å². The van der Waals surface area contributed by atoms with E-state index < -0.39 is 0 Å². The summed E-state index contributed by atoms with van der Waals surface area (Å²) in [6.07, 6.45) is 2.54. The van der Waals surface area contributed by atoms with Gasteiger partial charge in [0, 0.05) is 18.2 Å². The zero-order valence-electron chi connectivity index (χ0n) is 12.7. The Morgan fingerprint density at radius 3 is 2.71 bits per heavy atom. The molecule has 21 heavy (non-hydrogen) atoms. The number of furan rings is 1. The molecule has 1 atom stereocenters. The quantitative estimate of drug-likeness (QED) is 0.805. The van der Waals surface area contributed by atoms with Crippen molar-refractivity contribution in [3.8, 4) is 0 Å². The second-order valence-electron chi connectivity index (χ2n) is 5.24. The van der Waals surface area contributed by atoms with Crippen LogP contribution in [0.1, 0.15) is 30.7 Å². The van der Waals surface area contributed by atoms with Gasteiger partial charge in [-0.05, 0) is 38.2 Å². The number of hydrogen-bond acceptors (Lipinski definition) is 3. The summed E-state index contributed by atoms with van der Waals surface area (Å²) in [5.74, 6) is 0.806. The van der Waals surface area contributed by atoms with E-state index in [-0.39, 0.29) is 11.9 Å². The molecule has 1 heterocycles. The molecule has 114 valence electrons. The van der Waals surface area contributed by atoms with Crippen molar-refractivity contribution < 1.29 is 8.81 Å². The minimum absolute atomic E-state index is 0.0373. The average Bonchev–Trinajstić information content (AvgIpc) is 2.97. The van der Waals surface area contributed by atoms with Crippen molar-refractivity contribution in [3.05, 3.63) is 59.8 Å². The van der Waals surface area contributed by atoms with Gasteiger partial charge in [0.2, 0.25) is 0 Å². The topological polar surface area (TPSA) is 28.4 Å². The Morgan fingerprint density at radius 2 is 2.05 bits per heavy atom. The van der Waals surface area contributed by atoms with Gasteiger partial charge >= 0.3 is 0 Å². The maximum absolute atomic E-state index is 13.9. The summed E-state index contributed by atoms with van der Waals surface area (Å²) in [6.45, 7) is 4.50. The molecule has 1 N–H and O–H groups in total. The van der Waals surface area contributed by atoms with E-state index in [1.165, 1.54) is 6.07 Å². The lowest BCUT2D eigenvalue weighted by atomic mass is 10.0. The van der Waals surface area contributed by atoms with Crippen LogP contribution < -0.4 is 5.32 Å². The van der Waals surface area contributed by atoms with Crippen LogP contribution in [0.3, 0.4) is 0 Å². The molecule has 0 spiro atoms. The molecule has 0 radical (unpaired) electrons. The van der Waals surface area contributed by atoms with Gasteiger partial charge in [0.1, 0.15) is 11.6 Å². The summed E-state index contributed by atoms with van der Waals surface area (Å²) in [5.41, 5.74) is 0.741. The Hall–Kier alpha value is -1.65. The van der Waals surface area contributed by atoms with E-state index >= 15 is 0 Å². The molecule has 2 rings (SSSR count). The number of hydrogen-bond donors (Lipinski definition) is 1. The van der Waals surface area contributed by atoms with Gasteiger partial charge in [-0.3, -0.25) is 4.90 Å². The van der Waals surface area contributed by atoms with E-state index in [0.717, 1.165) is 37.4 Å². The highest BCUT2D eigenvalue weighted by atomic mass is 19.1. The fraction of sp³-hybridized carbons (Fsp3) is 0.412. The second kappa shape index (κ2) is 7.96. The van der Waals surface area contributed by atoms with Crippen LogP contribution in [-0.4, -0.2) is 25.0 Å². The monoisotopic (exact) mass is 290 g/mol. The summed E-state index contributed by atoms with van der Waals surface area (Å²) < 4.78 is 19.3. The highest BCUT2D eigenvalue weighted by molar-refractivity contribution is 5.21. The standard InChI is InChI=1S/C17H23FN2O/c1-3-19-17(15-8-4-5-9-16(15)18)10-11-20(2)13-14-7-6-12-21-14/h4-9,12,17,19H,3,10-11,13H2,1-2H3. The van der Waals surface area contributed by atoms with Crippen molar-refractivity contribution in [2.24, 2.45) is 0 Å². The normalized spacial score (nSPS) is 12.8. The number of rotatable bonds is 8. The van der Waals surface area contributed by atoms with Crippen molar-refractivity contribution in [1.82, 2.24) is 10.2 Å². The summed E-state index contributed by atoms with van der Waals surface area (Å²) in [7, 11) is 2.05. The van der Waals surface area contributed by atoms with Gasteiger partial charge in [-0.15, -0.1) is 0 Å². The first-order chi connectivity index (χ1) is 10.2. The summed E-state index contributed by atoms with van der Waals surface area (Å²) in [4.78, 5) is 2.18. The maximum Gasteiger partial charge on any atom is 0.127 e. The van der Waals surface area contributed by atoms with E-state index in [2.05, 4.69) is 10.2 Å². The fourth-order valence-corrected chi connectivity index (χ4v) is 2.47. The zero-order valence-corrected chi connectivity index (χ0v) is 12.7. The first-order valence-corrected chi connectivity index (χ1v) is 7.39. The molecule has 1 unspecified atom stereocenters. The van der Waals surface area contributed by atoms with Gasteiger partial charge in [-0.2, -0.15) is 0 Å². The molecule has 0 amide bonds. The van der Waals surface area contributed by atoms with Crippen LogP contribution in [-0.2, 0) is 6.54 Å². The highest BCUT2D eigenvalue weighted by Gasteiger charge is 2.15. The lowest BCUT2D eigenvalue weighted by Crippen LogP contribution is -2.27. The molecule has 4 heteroatoms. The first kappa shape index (κ1) is 15.7. The zero-order chi connectivity index (χ0) is 15.1. The van der Waals surface area contributed by atoms with Crippen LogP contribution in [0.5, 0.6) is 0 Å². The van der Waals surface area contributed by atoms with Gasteiger partial charge in [-0.25, -0.2) is 4.39 Å². The first-order valence-electron chi connectivity index (χ1n) is 7.39. The Morgan fingerprint density at radius 1 is 1.24 bits per heavy atom. The van der Waals surface area contributed by atoms with E-state index in [0.29, 0.717) is 0 Å². The SMILES string of the molecule is CCNC(CCN(C)Cc1ccco1)c1ccccc1F. The Kier molecular flexibility index (Phi) is 5.96. The molecule has 0 bridgehead atoms. The molecule has 0 aliphatic heterocycles. The molecule has 0 fully saturated rings. The molecule has 0 saturated carbocycles. The fourth-order valence-electron chi connectivity index (χ4n) is 2.47. The number of nitrogens with zero attached hydrogens (tertiary/aromatic N) is 1. The lowest BCUT2D eigenvalue weighted by Gasteiger charge is -2.22. The van der Waals surface area contributed by atoms with E-state index in [9.17, 15) is 4.39 Å². The van der Waals surface area contributed by atoms with E-state index in [4.69, 9.17) is 4.42 Å². The summed E-state index contributed by atoms with van der Waals surface area (Å²) in [5, 5.41) is 3.36. The molecule has 0 saturated heterocycles. The van der Waals surface area contributed by atoms with Crippen LogP contribution in [0.4, 0.5) is 4.39 Å². The van der Waals surface area contributed by atoms with Crippen LogP contribution in [0, 0.1) is 5.82 Å². The van der Waals surface area contributed by atoms with Gasteiger partial charge in [0.15, 0.2) is 0 Å². The van der Waals surface area contributed by atoms with Crippen LogP contribution >= 0.6 is 0 Å². The number of nitrogens with one attached hydrogen (secondary N) is 1. The number of benzene rings is 1. The molecular weight excluding hydrogens is 267 g/mol. The molecule has 2 aromatic rings. The predicted octanol–water partition coefficient (Wildman–Crippen LogP) is 3.59. The third-order valence-corrected chi connectivity index (χ3v) is 3.54. The maximum atomic E-state index is 13.9. The van der Waals surface area contributed by atoms with Gasteiger partial charge in [0.25, 0.3) is 0 Å². The van der Waals surface area contributed by atoms with Crippen LogP contribution in [0.2, 0.25) is 0 Å². The third kappa shape index (κ3) is 4.69. The summed E-state index contributed by atoms with van der Waals surface area (Å²) >= 11 is 0. The van der Waals surface area contributed by atoms with Crippen molar-refractivity contribution >= 4 is 0 Å². The molecule has 1 aromatic heterocycles. The Bertz CT molecular complexity index is 527. The van der Waals surface area contributed by atoms with Crippen molar-refractivity contribution in [3.63, 3.8) is 0 Å². The van der Waals surface area contributed by atoms with Gasteiger partial charge in [0.05, 0.1) is 12.8 Å². The van der Waals surface area contributed by atoms with E-state index in [1.807, 2.05) is 38.2 Å². The van der Waals surface area contributed by atoms with Gasteiger partial charge < -0.3 is 9.73 Å². The van der Waals surface area contributed by atoms with Crippen molar-refractivity contribution in [1.29, 1.82) is 0 Å². The third-order valence-electron chi connectivity index (χ3n) is 3.54. The second-order valence-corrected chi connectivity index (χ2v) is 5.24. The Labute approximate surface area is 125 Å². The van der Waals surface area contributed by atoms with Crippen LogP contribution in [0.15, 0.2) is 47.1 Å². The minimum atomic E-state index is -0.142. The molecule has 0 aliphatic carbocycles. The Balaban J connectivity index is 1.92. The molecule has 1 aromatic carbocycles. The largest absolute Gasteiger partial charge is 0.468 e. The number of halogens is 1. The minimum Gasteiger partial charge on any atom is -0.468 e. The molecule has 0 aliphatic rings. The predicted molar refractivity (Wildman–Crippen MR) is 82.5 cm³/mol. The average molecular weight is 290 g/mol. The smallest absolute Gasteiger partial charge is 0.127 e. The summed E-state index contributed by atoms with van der Waals surface area (Å²) in [6, 6.07) is 10.9. The van der Waals surface area contributed by atoms with Crippen LogP contribution in [0.25, 0.3) is 0 Å². The molecular formula is C17H23FN2O. The van der Waals surface area contributed by atoms with Crippen molar-refractivity contribution in [2.45, 2.75) is 25.9 Å². The lowest BCUT2D eigenvalue weighted by molar-refractivity contribution is 0.275. The van der Waals surface area contributed by atoms with Gasteiger partial charge in [-0.1, -0.05) is 25.1 Å². The van der Waals surface area contributed by atoms with E-state index in [1.54, 1.807) is 12.3 Å². The highest BCUT2D eigenvalue weighted by Crippen LogP contribution is 2.20.